The summed E-state index contributed by atoms with van der Waals surface area (Å²) >= 11 is 5.51. The third kappa shape index (κ3) is 2.95. The first kappa shape index (κ1) is 11.5. The van der Waals surface area contributed by atoms with Crippen LogP contribution in [-0.4, -0.2) is 27.7 Å². The minimum absolute atomic E-state index is 0.140. The lowest BCUT2D eigenvalue weighted by atomic mass is 10.3. The minimum Gasteiger partial charge on any atom is -0.351 e. The molecule has 2 N–H and O–H groups in total. The molecule has 15 heavy (non-hydrogen) atoms. The largest absolute Gasteiger partial charge is 0.351 e. The molecular weight excluding hydrogens is 222 g/mol. The van der Waals surface area contributed by atoms with Gasteiger partial charge in [-0.25, -0.2) is 0 Å². The molecule has 7 heteroatoms. The van der Waals surface area contributed by atoms with Gasteiger partial charge in [0.2, 0.25) is 0 Å². The van der Waals surface area contributed by atoms with Gasteiger partial charge in [0.25, 0.3) is 11.6 Å². The maximum absolute atomic E-state index is 11.4. The van der Waals surface area contributed by atoms with Crippen LogP contribution >= 0.6 is 11.6 Å². The normalized spacial score (nSPS) is 12.1. The van der Waals surface area contributed by atoms with Crippen molar-refractivity contribution >= 4 is 23.2 Å². The number of alkyl halides is 1. The number of hydrogen-bond donors (Lipinski definition) is 2. The summed E-state index contributed by atoms with van der Waals surface area (Å²) in [7, 11) is 0. The second kappa shape index (κ2) is 4.79. The number of rotatable bonds is 4. The monoisotopic (exact) mass is 231 g/mol. The molecular formula is C8H10ClN3O3. The summed E-state index contributed by atoms with van der Waals surface area (Å²) in [6, 6.07) is 0.998. The number of nitrogens with one attached hydrogen (secondary N) is 2. The Morgan fingerprint density at radius 1 is 1.80 bits per heavy atom. The minimum atomic E-state index is -0.571. The lowest BCUT2D eigenvalue weighted by molar-refractivity contribution is -0.384. The van der Waals surface area contributed by atoms with E-state index in [0.717, 1.165) is 0 Å². The molecule has 0 aliphatic rings. The van der Waals surface area contributed by atoms with E-state index in [-0.39, 0.29) is 23.3 Å². The Bertz CT molecular complexity index is 377. The summed E-state index contributed by atoms with van der Waals surface area (Å²) in [5.74, 6) is -0.120. The molecule has 0 aromatic carbocycles. The fourth-order valence-electron chi connectivity index (χ4n) is 0.960. The van der Waals surface area contributed by atoms with Crippen molar-refractivity contribution < 1.29 is 9.72 Å². The van der Waals surface area contributed by atoms with Crippen molar-refractivity contribution in [1.29, 1.82) is 0 Å². The molecule has 1 unspecified atom stereocenters. The first-order chi connectivity index (χ1) is 7.04. The van der Waals surface area contributed by atoms with Gasteiger partial charge in [0.05, 0.1) is 11.1 Å². The second-order valence-corrected chi connectivity index (χ2v) is 3.37. The average Bonchev–Trinajstić information content (AvgIpc) is 2.66. The lowest BCUT2D eigenvalue weighted by Gasteiger charge is -2.08. The number of nitrogens with zero attached hydrogens (tertiary/aromatic N) is 1. The van der Waals surface area contributed by atoms with E-state index in [1.807, 2.05) is 0 Å². The van der Waals surface area contributed by atoms with E-state index >= 15 is 0 Å². The van der Waals surface area contributed by atoms with Gasteiger partial charge < -0.3 is 10.3 Å². The van der Waals surface area contributed by atoms with Crippen molar-refractivity contribution in [3.63, 3.8) is 0 Å². The number of halogens is 1. The Morgan fingerprint density at radius 3 is 2.93 bits per heavy atom. The highest BCUT2D eigenvalue weighted by Crippen LogP contribution is 2.11. The maximum atomic E-state index is 11.4. The molecule has 1 heterocycles. The Hall–Kier alpha value is -1.56. The SMILES string of the molecule is CC(CCl)NC(=O)c1cc([N+](=O)[O-])c[nH]1. The second-order valence-electron chi connectivity index (χ2n) is 3.06. The average molecular weight is 232 g/mol. The van der Waals surface area contributed by atoms with E-state index < -0.39 is 10.8 Å². The standard InChI is InChI=1S/C8H10ClN3O3/c1-5(3-9)11-8(13)7-2-6(4-10-7)12(14)15/h2,4-5,10H,3H2,1H3,(H,11,13). The summed E-state index contributed by atoms with van der Waals surface area (Å²) in [5.41, 5.74) is 0.0114. The highest BCUT2D eigenvalue weighted by atomic mass is 35.5. The molecule has 0 saturated heterocycles. The number of aromatic amines is 1. The van der Waals surface area contributed by atoms with Gasteiger partial charge in [-0.1, -0.05) is 0 Å². The predicted octanol–water partition coefficient (Wildman–Crippen LogP) is 1.28. The van der Waals surface area contributed by atoms with Crippen LogP contribution in [0.25, 0.3) is 0 Å². The van der Waals surface area contributed by atoms with Crippen molar-refractivity contribution in [2.75, 3.05) is 5.88 Å². The fourth-order valence-corrected chi connectivity index (χ4v) is 1.04. The predicted molar refractivity (Wildman–Crippen MR) is 55.1 cm³/mol. The summed E-state index contributed by atoms with van der Waals surface area (Å²) in [5, 5.41) is 12.9. The van der Waals surface area contributed by atoms with Gasteiger partial charge in [-0.15, -0.1) is 11.6 Å². The summed E-state index contributed by atoms with van der Waals surface area (Å²) in [6.07, 6.45) is 1.17. The van der Waals surface area contributed by atoms with Crippen molar-refractivity contribution in [3.05, 3.63) is 28.1 Å². The Morgan fingerprint density at radius 2 is 2.47 bits per heavy atom. The first-order valence-corrected chi connectivity index (χ1v) is 4.77. The van der Waals surface area contributed by atoms with Crippen molar-refractivity contribution in [3.8, 4) is 0 Å². The third-order valence-corrected chi connectivity index (χ3v) is 2.20. The number of H-pyrrole nitrogens is 1. The van der Waals surface area contributed by atoms with Crippen LogP contribution in [0.4, 0.5) is 5.69 Å². The van der Waals surface area contributed by atoms with E-state index in [1.165, 1.54) is 12.3 Å². The topological polar surface area (TPSA) is 88.0 Å². The molecule has 1 aromatic rings. The highest BCUT2D eigenvalue weighted by molar-refractivity contribution is 6.18. The molecule has 1 amide bonds. The molecule has 0 fully saturated rings. The van der Waals surface area contributed by atoms with Gasteiger partial charge in [-0.2, -0.15) is 0 Å². The van der Waals surface area contributed by atoms with Gasteiger partial charge in [-0.3, -0.25) is 14.9 Å². The van der Waals surface area contributed by atoms with Crippen LogP contribution in [0, 0.1) is 10.1 Å². The zero-order chi connectivity index (χ0) is 11.4. The van der Waals surface area contributed by atoms with Crippen molar-refractivity contribution in [2.24, 2.45) is 0 Å². The van der Waals surface area contributed by atoms with E-state index in [4.69, 9.17) is 11.6 Å². The van der Waals surface area contributed by atoms with Crippen LogP contribution in [-0.2, 0) is 0 Å². The zero-order valence-corrected chi connectivity index (χ0v) is 8.75. The summed E-state index contributed by atoms with van der Waals surface area (Å²) in [4.78, 5) is 23.7. The number of aromatic nitrogens is 1. The number of carbonyl (C=O) groups is 1. The quantitative estimate of drug-likeness (QED) is 0.465. The molecule has 0 spiro atoms. The van der Waals surface area contributed by atoms with Gasteiger partial charge in [-0.05, 0) is 6.92 Å². The van der Waals surface area contributed by atoms with Crippen LogP contribution in [0.2, 0.25) is 0 Å². The van der Waals surface area contributed by atoms with Gasteiger partial charge in [0.15, 0.2) is 0 Å². The third-order valence-electron chi connectivity index (χ3n) is 1.73. The number of hydrogen-bond acceptors (Lipinski definition) is 3. The molecule has 82 valence electrons. The van der Waals surface area contributed by atoms with Crippen LogP contribution in [0.1, 0.15) is 17.4 Å². The molecule has 0 bridgehead atoms. The molecule has 6 nitrogen and oxygen atoms in total. The van der Waals surface area contributed by atoms with Crippen LogP contribution in [0.5, 0.6) is 0 Å². The molecule has 0 radical (unpaired) electrons. The molecule has 1 rings (SSSR count). The van der Waals surface area contributed by atoms with Crippen molar-refractivity contribution in [2.45, 2.75) is 13.0 Å². The molecule has 1 atom stereocenters. The zero-order valence-electron chi connectivity index (χ0n) is 7.99. The Balaban J connectivity index is 2.70. The lowest BCUT2D eigenvalue weighted by Crippen LogP contribution is -2.33. The Kier molecular flexibility index (Phi) is 3.68. The molecule has 0 aliphatic carbocycles. The number of amides is 1. The Labute approximate surface area is 90.8 Å². The highest BCUT2D eigenvalue weighted by Gasteiger charge is 2.15. The van der Waals surface area contributed by atoms with E-state index in [9.17, 15) is 14.9 Å². The summed E-state index contributed by atoms with van der Waals surface area (Å²) < 4.78 is 0. The van der Waals surface area contributed by atoms with Gasteiger partial charge in [0.1, 0.15) is 5.69 Å². The van der Waals surface area contributed by atoms with Gasteiger partial charge >= 0.3 is 0 Å². The van der Waals surface area contributed by atoms with Crippen molar-refractivity contribution in [1.82, 2.24) is 10.3 Å². The van der Waals surface area contributed by atoms with E-state index in [0.29, 0.717) is 0 Å². The van der Waals surface area contributed by atoms with E-state index in [1.54, 1.807) is 6.92 Å². The summed E-state index contributed by atoms with van der Waals surface area (Å²) in [6.45, 7) is 1.74. The number of nitro groups is 1. The van der Waals surface area contributed by atoms with Crippen LogP contribution in [0.15, 0.2) is 12.3 Å². The smallest absolute Gasteiger partial charge is 0.287 e. The maximum Gasteiger partial charge on any atom is 0.287 e. The molecule has 1 aromatic heterocycles. The van der Waals surface area contributed by atoms with Crippen LogP contribution < -0.4 is 5.32 Å². The molecule has 0 aliphatic heterocycles. The van der Waals surface area contributed by atoms with Gasteiger partial charge in [0, 0.05) is 18.0 Å². The van der Waals surface area contributed by atoms with E-state index in [2.05, 4.69) is 10.3 Å². The fraction of sp³-hybridized carbons (Fsp3) is 0.375. The first-order valence-electron chi connectivity index (χ1n) is 4.24. The van der Waals surface area contributed by atoms with Crippen LogP contribution in [0.3, 0.4) is 0 Å². The number of carbonyl (C=O) groups excluding carboxylic acids is 1. The molecule has 0 saturated carbocycles.